The second kappa shape index (κ2) is 10.4. The lowest BCUT2D eigenvalue weighted by atomic mass is 10.0. The summed E-state index contributed by atoms with van der Waals surface area (Å²) in [5, 5.41) is 2.98. The maximum atomic E-state index is 13.3. The van der Waals surface area contributed by atoms with Gasteiger partial charge in [0, 0.05) is 17.8 Å². The van der Waals surface area contributed by atoms with Crippen LogP contribution in [-0.4, -0.2) is 30.4 Å². The number of nitrogens with zero attached hydrogens (tertiary/aromatic N) is 1. The number of carbonyl (C=O) groups is 2. The Balaban J connectivity index is 1.63. The number of nitrogens with one attached hydrogen (secondary N) is 1. The number of hydrogen-bond donors (Lipinski definition) is 1. The molecule has 6 nitrogen and oxygen atoms in total. The summed E-state index contributed by atoms with van der Waals surface area (Å²) in [6.07, 6.45) is 1.06. The van der Waals surface area contributed by atoms with Gasteiger partial charge in [0.15, 0.2) is 11.5 Å². The summed E-state index contributed by atoms with van der Waals surface area (Å²) in [7, 11) is 1.58. The molecule has 176 valence electrons. The average Bonchev–Trinajstić information content (AvgIpc) is 3.20. The van der Waals surface area contributed by atoms with Gasteiger partial charge in [-0.05, 0) is 60.4 Å². The Kier molecular flexibility index (Phi) is 7.16. The minimum Gasteiger partial charge on any atom is -0.493 e. The first-order chi connectivity index (χ1) is 16.5. The Morgan fingerprint density at radius 1 is 1.03 bits per heavy atom. The fraction of sp³-hybridized carbons (Fsp3) is 0.286. The summed E-state index contributed by atoms with van der Waals surface area (Å²) < 4.78 is 11.2. The van der Waals surface area contributed by atoms with Gasteiger partial charge in [-0.3, -0.25) is 9.59 Å². The van der Waals surface area contributed by atoms with Crippen LogP contribution in [0.4, 0.5) is 5.69 Å². The molecule has 2 amide bonds. The van der Waals surface area contributed by atoms with Gasteiger partial charge in [-0.15, -0.1) is 0 Å². The molecule has 0 saturated heterocycles. The highest BCUT2D eigenvalue weighted by Gasteiger charge is 2.34. The van der Waals surface area contributed by atoms with Crippen molar-refractivity contribution in [2.75, 3.05) is 19.0 Å². The fourth-order valence-corrected chi connectivity index (χ4v) is 4.31. The molecule has 6 heteroatoms. The Labute approximate surface area is 200 Å². The quantitative estimate of drug-likeness (QED) is 0.467. The topological polar surface area (TPSA) is 67.9 Å². The molecule has 3 aromatic rings. The lowest BCUT2D eigenvalue weighted by Gasteiger charge is -2.28. The molecule has 0 aliphatic carbocycles. The zero-order chi connectivity index (χ0) is 24.1. The minimum atomic E-state index is -0.459. The van der Waals surface area contributed by atoms with Gasteiger partial charge in [-0.2, -0.15) is 0 Å². The number of aryl methyl sites for hydroxylation is 1. The summed E-state index contributed by atoms with van der Waals surface area (Å²) in [5.41, 5.74) is 4.41. The normalized spacial score (nSPS) is 13.4. The van der Waals surface area contributed by atoms with E-state index in [1.54, 1.807) is 12.0 Å². The number of ether oxygens (including phenoxy) is 2. The number of fused-ring (bicyclic) bond motifs is 1. The van der Waals surface area contributed by atoms with Gasteiger partial charge < -0.3 is 19.7 Å². The largest absolute Gasteiger partial charge is 0.493 e. The van der Waals surface area contributed by atoms with E-state index in [2.05, 4.69) is 12.2 Å². The third-order valence-electron chi connectivity index (χ3n) is 6.12. The van der Waals surface area contributed by atoms with Crippen LogP contribution in [0, 0.1) is 0 Å². The zero-order valence-corrected chi connectivity index (χ0v) is 19.8. The van der Waals surface area contributed by atoms with E-state index in [9.17, 15) is 9.59 Å². The summed E-state index contributed by atoms with van der Waals surface area (Å²) in [6, 6.07) is 20.5. The van der Waals surface area contributed by atoms with Crippen molar-refractivity contribution in [1.29, 1.82) is 0 Å². The van der Waals surface area contributed by atoms with Crippen molar-refractivity contribution in [3.63, 3.8) is 0 Å². The van der Waals surface area contributed by atoms with Crippen molar-refractivity contribution in [3.8, 4) is 11.5 Å². The average molecular weight is 459 g/mol. The predicted molar refractivity (Wildman–Crippen MR) is 132 cm³/mol. The summed E-state index contributed by atoms with van der Waals surface area (Å²) in [4.78, 5) is 28.2. The van der Waals surface area contributed by atoms with Gasteiger partial charge in [0.05, 0.1) is 26.2 Å². The van der Waals surface area contributed by atoms with Crippen LogP contribution < -0.4 is 14.8 Å². The molecule has 0 bridgehead atoms. The van der Waals surface area contributed by atoms with Crippen molar-refractivity contribution in [3.05, 3.63) is 89.0 Å². The molecular formula is C28H30N2O4. The first-order valence-electron chi connectivity index (χ1n) is 11.6. The van der Waals surface area contributed by atoms with Crippen molar-refractivity contribution in [2.24, 2.45) is 0 Å². The van der Waals surface area contributed by atoms with Crippen LogP contribution in [-0.2, 0) is 17.8 Å². The molecule has 1 atom stereocenters. The van der Waals surface area contributed by atoms with Crippen LogP contribution in [0.5, 0.6) is 11.5 Å². The first kappa shape index (κ1) is 23.4. The second-order valence-corrected chi connectivity index (χ2v) is 8.25. The molecule has 34 heavy (non-hydrogen) atoms. The van der Waals surface area contributed by atoms with E-state index in [-0.39, 0.29) is 18.2 Å². The zero-order valence-electron chi connectivity index (χ0n) is 19.8. The van der Waals surface area contributed by atoms with E-state index < -0.39 is 6.04 Å². The minimum absolute atomic E-state index is 0.0754. The summed E-state index contributed by atoms with van der Waals surface area (Å²) in [6.45, 7) is 4.97. The van der Waals surface area contributed by atoms with Crippen molar-refractivity contribution in [2.45, 2.75) is 39.3 Å². The second-order valence-electron chi connectivity index (χ2n) is 8.25. The Hall–Kier alpha value is -3.80. The van der Waals surface area contributed by atoms with Crippen LogP contribution in [0.2, 0.25) is 0 Å². The number of anilines is 1. The first-order valence-corrected chi connectivity index (χ1v) is 11.6. The van der Waals surface area contributed by atoms with Crippen LogP contribution in [0.25, 0.3) is 0 Å². The Bertz CT molecular complexity index is 1170. The van der Waals surface area contributed by atoms with E-state index >= 15 is 0 Å². The maximum Gasteiger partial charge on any atom is 0.255 e. The molecule has 4 rings (SSSR count). The van der Waals surface area contributed by atoms with Gasteiger partial charge in [0.2, 0.25) is 5.91 Å². The molecule has 1 heterocycles. The number of methoxy groups -OCH3 is 1. The van der Waals surface area contributed by atoms with Crippen LogP contribution in [0.15, 0.2) is 66.7 Å². The molecule has 0 fully saturated rings. The fourth-order valence-electron chi connectivity index (χ4n) is 4.31. The smallest absolute Gasteiger partial charge is 0.255 e. The molecule has 0 saturated carbocycles. The molecule has 0 aromatic heterocycles. The summed E-state index contributed by atoms with van der Waals surface area (Å²) in [5.74, 6) is 0.965. The van der Waals surface area contributed by atoms with E-state index in [1.165, 1.54) is 5.56 Å². The molecule has 0 radical (unpaired) electrons. The molecule has 1 N–H and O–H groups in total. The number of carbonyl (C=O) groups excluding carboxylic acids is 2. The molecular weight excluding hydrogens is 428 g/mol. The van der Waals surface area contributed by atoms with Gasteiger partial charge >= 0.3 is 0 Å². The third kappa shape index (κ3) is 4.91. The van der Waals surface area contributed by atoms with E-state index in [1.807, 2.05) is 73.7 Å². The maximum absolute atomic E-state index is 13.3. The highest BCUT2D eigenvalue weighted by molar-refractivity contribution is 5.99. The SMILES string of the molecule is CCOc1ccc([C@@H](CC(=O)Nc2ccc(CC)cc2)N2Cc3ccccc3C2=O)cc1OC. The van der Waals surface area contributed by atoms with Crippen molar-refractivity contribution < 1.29 is 19.1 Å². The summed E-state index contributed by atoms with van der Waals surface area (Å²) >= 11 is 0. The molecule has 0 unspecified atom stereocenters. The van der Waals surface area contributed by atoms with Crippen LogP contribution in [0.3, 0.4) is 0 Å². The van der Waals surface area contributed by atoms with Gasteiger partial charge in [0.1, 0.15) is 0 Å². The van der Waals surface area contributed by atoms with E-state index in [0.29, 0.717) is 30.2 Å². The highest BCUT2D eigenvalue weighted by atomic mass is 16.5. The van der Waals surface area contributed by atoms with Crippen LogP contribution >= 0.6 is 0 Å². The monoisotopic (exact) mass is 458 g/mol. The van der Waals surface area contributed by atoms with Gasteiger partial charge in [-0.25, -0.2) is 0 Å². The Morgan fingerprint density at radius 3 is 2.47 bits per heavy atom. The highest BCUT2D eigenvalue weighted by Crippen LogP contribution is 2.37. The molecule has 1 aliphatic rings. The van der Waals surface area contributed by atoms with Gasteiger partial charge in [0.25, 0.3) is 5.91 Å². The lowest BCUT2D eigenvalue weighted by Crippen LogP contribution is -2.32. The van der Waals surface area contributed by atoms with Crippen molar-refractivity contribution in [1.82, 2.24) is 4.90 Å². The standard InChI is InChI=1S/C28H30N2O4/c1-4-19-10-13-22(14-11-19)29-27(31)17-24(20-12-15-25(34-5-2)26(16-20)33-3)30-18-21-8-6-7-9-23(21)28(30)32/h6-16,24H,4-5,17-18H2,1-3H3,(H,29,31)/t24-/m1/s1. The predicted octanol–water partition coefficient (Wildman–Crippen LogP) is 5.38. The van der Waals surface area contributed by atoms with Crippen molar-refractivity contribution >= 4 is 17.5 Å². The van der Waals surface area contributed by atoms with Crippen LogP contribution in [0.1, 0.15) is 53.4 Å². The lowest BCUT2D eigenvalue weighted by molar-refractivity contribution is -0.117. The molecule has 3 aromatic carbocycles. The number of rotatable bonds is 9. The van der Waals surface area contributed by atoms with Gasteiger partial charge in [-0.1, -0.05) is 43.3 Å². The number of benzene rings is 3. The third-order valence-corrected chi connectivity index (χ3v) is 6.12. The van der Waals surface area contributed by atoms with E-state index in [4.69, 9.17) is 9.47 Å². The number of amides is 2. The Morgan fingerprint density at radius 2 is 1.79 bits per heavy atom. The molecule has 1 aliphatic heterocycles. The molecule has 0 spiro atoms. The number of hydrogen-bond acceptors (Lipinski definition) is 4. The van der Waals surface area contributed by atoms with E-state index in [0.717, 1.165) is 23.2 Å².